The van der Waals surface area contributed by atoms with Crippen LogP contribution in [0.1, 0.15) is 0 Å². The Balaban J connectivity index is 2.47. The zero-order chi connectivity index (χ0) is 11.0. The number of hydrogen-bond acceptors (Lipinski definition) is 4. The summed E-state index contributed by atoms with van der Waals surface area (Å²) in [5.74, 6) is 0. The summed E-state index contributed by atoms with van der Waals surface area (Å²) in [6, 6.07) is 7.52. The molecule has 3 aromatic rings. The van der Waals surface area contributed by atoms with Gasteiger partial charge in [-0.05, 0) is 6.07 Å². The fourth-order valence-electron chi connectivity index (χ4n) is 1.63. The molecule has 0 saturated carbocycles. The molecule has 1 aromatic carbocycles. The highest BCUT2D eigenvalue weighted by Gasteiger charge is 2.11. The second-order valence-corrected chi connectivity index (χ2v) is 4.18. The highest BCUT2D eigenvalue weighted by atomic mass is 32.1. The molecule has 0 radical (unpaired) electrons. The minimum atomic E-state index is -0.200. The van der Waals surface area contributed by atoms with Gasteiger partial charge in [-0.25, -0.2) is 10.1 Å². The number of nitrogens with zero attached hydrogens (tertiary/aromatic N) is 2. The number of benzene rings is 1. The molecule has 0 aliphatic rings. The van der Waals surface area contributed by atoms with E-state index in [9.17, 15) is 4.79 Å². The van der Waals surface area contributed by atoms with Crippen LogP contribution in [-0.4, -0.2) is 15.2 Å². The number of para-hydroxylation sites is 1. The molecule has 0 bridgehead atoms. The molecule has 2 aromatic heterocycles. The number of H-pyrrole nitrogens is 1. The molecule has 0 amide bonds. The van der Waals surface area contributed by atoms with Crippen LogP contribution < -0.4 is 5.56 Å². The van der Waals surface area contributed by atoms with Crippen molar-refractivity contribution < 1.29 is 0 Å². The second kappa shape index (κ2) is 3.53. The molecule has 0 atom stereocenters. The van der Waals surface area contributed by atoms with E-state index < -0.39 is 0 Å². The predicted octanol–water partition coefficient (Wildman–Crippen LogP) is 2.05. The average Bonchev–Trinajstić information content (AvgIpc) is 2.82. The second-order valence-electron chi connectivity index (χ2n) is 3.28. The third-order valence-corrected chi connectivity index (χ3v) is 3.12. The first kappa shape index (κ1) is 9.23. The number of rotatable bonds is 1. The lowest BCUT2D eigenvalue weighted by molar-refractivity contribution is 1.03. The molecule has 0 spiro atoms. The first-order valence-corrected chi connectivity index (χ1v) is 5.61. The lowest BCUT2D eigenvalue weighted by atomic mass is 10.1. The van der Waals surface area contributed by atoms with Gasteiger partial charge in [-0.15, -0.1) is 11.3 Å². The minimum Gasteiger partial charge on any atom is -0.267 e. The summed E-state index contributed by atoms with van der Waals surface area (Å²) < 4.78 is 0. The number of hydrogen-bond donors (Lipinski definition) is 1. The monoisotopic (exact) mass is 229 g/mol. The number of thiazole rings is 1. The van der Waals surface area contributed by atoms with Crippen molar-refractivity contribution in [3.8, 4) is 10.6 Å². The van der Waals surface area contributed by atoms with Gasteiger partial charge in [0.05, 0.1) is 11.1 Å². The smallest absolute Gasteiger partial charge is 0.267 e. The topological polar surface area (TPSA) is 58.6 Å². The van der Waals surface area contributed by atoms with Crippen LogP contribution >= 0.6 is 11.3 Å². The van der Waals surface area contributed by atoms with Gasteiger partial charge >= 0.3 is 0 Å². The first-order valence-electron chi connectivity index (χ1n) is 4.73. The van der Waals surface area contributed by atoms with Crippen LogP contribution in [-0.2, 0) is 0 Å². The van der Waals surface area contributed by atoms with Crippen molar-refractivity contribution in [1.82, 2.24) is 15.2 Å². The lowest BCUT2D eigenvalue weighted by Crippen LogP contribution is -2.11. The highest BCUT2D eigenvalue weighted by molar-refractivity contribution is 7.13. The van der Waals surface area contributed by atoms with Crippen LogP contribution in [0.25, 0.3) is 21.5 Å². The molecule has 4 nitrogen and oxygen atoms in total. The summed E-state index contributed by atoms with van der Waals surface area (Å²) in [7, 11) is 0. The third-order valence-electron chi connectivity index (χ3n) is 2.32. The van der Waals surface area contributed by atoms with Crippen molar-refractivity contribution in [2.45, 2.75) is 0 Å². The molecule has 0 unspecified atom stereocenters. The van der Waals surface area contributed by atoms with Gasteiger partial charge in [0.2, 0.25) is 0 Å². The standard InChI is InChI=1S/C11H7N3OS/c15-10-9(11-12-5-6-16-11)7-3-1-2-4-8(7)13-14-10/h1-6H,(H,14,15). The first-order chi connectivity index (χ1) is 7.86. The van der Waals surface area contributed by atoms with E-state index >= 15 is 0 Å². The van der Waals surface area contributed by atoms with Crippen molar-refractivity contribution in [2.75, 3.05) is 0 Å². The van der Waals surface area contributed by atoms with Crippen molar-refractivity contribution in [1.29, 1.82) is 0 Å². The van der Waals surface area contributed by atoms with E-state index in [-0.39, 0.29) is 5.56 Å². The van der Waals surface area contributed by atoms with Crippen molar-refractivity contribution >= 4 is 22.2 Å². The fraction of sp³-hybridized carbons (Fsp3) is 0. The Morgan fingerprint density at radius 2 is 2.12 bits per heavy atom. The Morgan fingerprint density at radius 1 is 1.25 bits per heavy atom. The maximum Gasteiger partial charge on any atom is 0.275 e. The van der Waals surface area contributed by atoms with Gasteiger partial charge in [-0.1, -0.05) is 18.2 Å². The van der Waals surface area contributed by atoms with E-state index in [0.717, 1.165) is 15.9 Å². The van der Waals surface area contributed by atoms with Gasteiger partial charge < -0.3 is 0 Å². The van der Waals surface area contributed by atoms with E-state index in [1.165, 1.54) is 11.3 Å². The molecule has 2 heterocycles. The number of aromatic nitrogens is 3. The SMILES string of the molecule is O=c1[nH]nc2ccccc2c1-c1nccs1. The molecule has 78 valence electrons. The highest BCUT2D eigenvalue weighted by Crippen LogP contribution is 2.24. The Labute approximate surface area is 94.6 Å². The molecule has 0 fully saturated rings. The fourth-order valence-corrected chi connectivity index (χ4v) is 2.32. The van der Waals surface area contributed by atoms with Gasteiger partial charge in [0.1, 0.15) is 5.01 Å². The van der Waals surface area contributed by atoms with Gasteiger partial charge in [-0.2, -0.15) is 5.10 Å². The van der Waals surface area contributed by atoms with Crippen LogP contribution in [0.3, 0.4) is 0 Å². The Morgan fingerprint density at radius 3 is 2.94 bits per heavy atom. The molecule has 0 aliphatic carbocycles. The summed E-state index contributed by atoms with van der Waals surface area (Å²) in [5.41, 5.74) is 1.17. The van der Waals surface area contributed by atoms with E-state index in [2.05, 4.69) is 15.2 Å². The largest absolute Gasteiger partial charge is 0.275 e. The molecular weight excluding hydrogens is 222 g/mol. The number of nitrogens with one attached hydrogen (secondary N) is 1. The van der Waals surface area contributed by atoms with Gasteiger partial charge in [-0.3, -0.25) is 4.79 Å². The van der Waals surface area contributed by atoms with E-state index in [0.29, 0.717) is 5.56 Å². The van der Waals surface area contributed by atoms with Gasteiger partial charge in [0.15, 0.2) is 0 Å². The van der Waals surface area contributed by atoms with E-state index in [4.69, 9.17) is 0 Å². The van der Waals surface area contributed by atoms with Crippen LogP contribution in [0, 0.1) is 0 Å². The molecule has 0 saturated heterocycles. The Hall–Kier alpha value is -2.01. The summed E-state index contributed by atoms with van der Waals surface area (Å²) >= 11 is 1.45. The molecule has 16 heavy (non-hydrogen) atoms. The Kier molecular flexibility index (Phi) is 2.04. The van der Waals surface area contributed by atoms with Crippen molar-refractivity contribution in [3.05, 3.63) is 46.2 Å². The Bertz CT molecular complexity index is 688. The van der Waals surface area contributed by atoms with Crippen LogP contribution in [0.2, 0.25) is 0 Å². The summed E-state index contributed by atoms with van der Waals surface area (Å²) in [4.78, 5) is 15.9. The van der Waals surface area contributed by atoms with Gasteiger partial charge in [0.25, 0.3) is 5.56 Å². The third kappa shape index (κ3) is 1.33. The summed E-state index contributed by atoms with van der Waals surface area (Å²) in [6.07, 6.45) is 1.69. The maximum atomic E-state index is 11.8. The normalized spacial score (nSPS) is 10.8. The average molecular weight is 229 g/mol. The van der Waals surface area contributed by atoms with Crippen LogP contribution in [0.4, 0.5) is 0 Å². The van der Waals surface area contributed by atoms with Crippen molar-refractivity contribution in [2.24, 2.45) is 0 Å². The van der Waals surface area contributed by atoms with E-state index in [1.807, 2.05) is 29.6 Å². The quantitative estimate of drug-likeness (QED) is 0.694. The molecule has 1 N–H and O–H groups in total. The summed E-state index contributed by atoms with van der Waals surface area (Å²) in [5, 5.41) is 9.89. The molecular formula is C11H7N3OS. The van der Waals surface area contributed by atoms with Gasteiger partial charge in [0, 0.05) is 17.0 Å². The van der Waals surface area contributed by atoms with Crippen LogP contribution in [0.15, 0.2) is 40.6 Å². The molecule has 3 rings (SSSR count). The number of fused-ring (bicyclic) bond motifs is 1. The summed E-state index contributed by atoms with van der Waals surface area (Å²) in [6.45, 7) is 0. The van der Waals surface area contributed by atoms with E-state index in [1.54, 1.807) is 6.20 Å². The molecule has 5 heteroatoms. The minimum absolute atomic E-state index is 0.200. The zero-order valence-corrected chi connectivity index (χ0v) is 8.99. The lowest BCUT2D eigenvalue weighted by Gasteiger charge is -2.00. The predicted molar refractivity (Wildman–Crippen MR) is 63.5 cm³/mol. The maximum absolute atomic E-state index is 11.8. The number of aromatic amines is 1. The van der Waals surface area contributed by atoms with Crippen LogP contribution in [0.5, 0.6) is 0 Å². The van der Waals surface area contributed by atoms with Crippen molar-refractivity contribution in [3.63, 3.8) is 0 Å². The zero-order valence-electron chi connectivity index (χ0n) is 8.18. The molecule has 0 aliphatic heterocycles.